The van der Waals surface area contributed by atoms with Crippen molar-refractivity contribution < 1.29 is 4.74 Å². The molecular formula is C15H21N3OS. The molecule has 0 aliphatic heterocycles. The topological polar surface area (TPSA) is 49.1 Å². The Morgan fingerprint density at radius 1 is 1.30 bits per heavy atom. The first-order valence-electron chi connectivity index (χ1n) is 6.90. The van der Waals surface area contributed by atoms with Gasteiger partial charge in [-0.15, -0.1) is 0 Å². The fraction of sp³-hybridized carbons (Fsp3) is 0.400. The van der Waals surface area contributed by atoms with E-state index in [0.29, 0.717) is 0 Å². The molecule has 2 aromatic rings. The average Bonchev–Trinajstić information content (AvgIpc) is 2.87. The Hall–Kier alpha value is -1.75. The minimum atomic E-state index is 0.726. The lowest BCUT2D eigenvalue weighted by atomic mass is 10.1. The van der Waals surface area contributed by atoms with Gasteiger partial charge in [0.2, 0.25) is 0 Å². The molecule has 3 N–H and O–H groups in total. The number of methoxy groups -OCH3 is 1. The van der Waals surface area contributed by atoms with Crippen LogP contribution in [0.4, 0.5) is 0 Å². The zero-order valence-corrected chi connectivity index (χ0v) is 12.8. The number of aromatic nitrogens is 1. The molecule has 20 heavy (non-hydrogen) atoms. The molecule has 1 heterocycles. The van der Waals surface area contributed by atoms with Crippen LogP contribution in [-0.2, 0) is 6.42 Å². The van der Waals surface area contributed by atoms with Crippen LogP contribution in [0.15, 0.2) is 24.4 Å². The number of thiocarbonyl (C=S) groups is 1. The Labute approximate surface area is 124 Å². The zero-order chi connectivity index (χ0) is 14.4. The van der Waals surface area contributed by atoms with E-state index in [2.05, 4.69) is 28.6 Å². The number of hydrogen-bond donors (Lipinski definition) is 3. The summed E-state index contributed by atoms with van der Waals surface area (Å²) >= 11 is 5.20. The molecule has 1 aromatic carbocycles. The van der Waals surface area contributed by atoms with E-state index in [-0.39, 0.29) is 0 Å². The van der Waals surface area contributed by atoms with Crippen molar-refractivity contribution in [3.8, 4) is 5.75 Å². The second kappa shape index (κ2) is 7.14. The second-order valence-corrected chi connectivity index (χ2v) is 5.07. The summed E-state index contributed by atoms with van der Waals surface area (Å²) in [5.74, 6) is 0.881. The van der Waals surface area contributed by atoms with E-state index >= 15 is 0 Å². The van der Waals surface area contributed by atoms with Gasteiger partial charge in [0.1, 0.15) is 5.75 Å². The highest BCUT2D eigenvalue weighted by Gasteiger charge is 2.05. The third-order valence-electron chi connectivity index (χ3n) is 3.19. The van der Waals surface area contributed by atoms with Crippen molar-refractivity contribution in [3.05, 3.63) is 30.0 Å². The van der Waals surface area contributed by atoms with Gasteiger partial charge < -0.3 is 20.4 Å². The number of aromatic amines is 1. The first-order chi connectivity index (χ1) is 9.74. The zero-order valence-electron chi connectivity index (χ0n) is 12.0. The molecule has 0 aliphatic carbocycles. The normalized spacial score (nSPS) is 10.5. The van der Waals surface area contributed by atoms with Crippen LogP contribution < -0.4 is 15.4 Å². The van der Waals surface area contributed by atoms with Crippen LogP contribution in [0.2, 0.25) is 0 Å². The van der Waals surface area contributed by atoms with Gasteiger partial charge in [0, 0.05) is 30.2 Å². The van der Waals surface area contributed by atoms with Crippen LogP contribution in [0.5, 0.6) is 5.75 Å². The summed E-state index contributed by atoms with van der Waals surface area (Å²) in [4.78, 5) is 3.28. The van der Waals surface area contributed by atoms with Gasteiger partial charge in [0.05, 0.1) is 7.11 Å². The maximum absolute atomic E-state index is 5.27. The van der Waals surface area contributed by atoms with Crippen LogP contribution in [0, 0.1) is 0 Å². The molecule has 0 atom stereocenters. The van der Waals surface area contributed by atoms with Crippen LogP contribution in [0.25, 0.3) is 10.9 Å². The van der Waals surface area contributed by atoms with E-state index in [1.165, 1.54) is 10.9 Å². The Morgan fingerprint density at radius 2 is 2.10 bits per heavy atom. The lowest BCUT2D eigenvalue weighted by Gasteiger charge is -2.09. The number of nitrogens with one attached hydrogen (secondary N) is 3. The van der Waals surface area contributed by atoms with Crippen molar-refractivity contribution >= 4 is 28.2 Å². The van der Waals surface area contributed by atoms with Gasteiger partial charge in [0.25, 0.3) is 0 Å². The molecule has 1 aromatic heterocycles. The fourth-order valence-electron chi connectivity index (χ4n) is 2.10. The molecule has 0 aliphatic rings. The quantitative estimate of drug-likeness (QED) is 0.716. The largest absolute Gasteiger partial charge is 0.497 e. The summed E-state index contributed by atoms with van der Waals surface area (Å²) < 4.78 is 5.27. The lowest BCUT2D eigenvalue weighted by Crippen LogP contribution is -2.36. The predicted octanol–water partition coefficient (Wildman–Crippen LogP) is 2.59. The second-order valence-electron chi connectivity index (χ2n) is 4.66. The van der Waals surface area contributed by atoms with Gasteiger partial charge in [-0.25, -0.2) is 0 Å². The minimum Gasteiger partial charge on any atom is -0.497 e. The van der Waals surface area contributed by atoms with E-state index in [1.807, 2.05) is 18.3 Å². The standard InChI is InChI=1S/C15H21N3OS/c1-3-7-16-15(20)17-8-6-11-10-18-14-5-4-12(19-2)9-13(11)14/h4-5,9-10,18H,3,6-8H2,1-2H3,(H2,16,17,20). The molecule has 0 fully saturated rings. The van der Waals surface area contributed by atoms with Crippen molar-refractivity contribution in [2.45, 2.75) is 19.8 Å². The SMILES string of the molecule is CCCNC(=S)NCCc1c[nH]c2ccc(OC)cc12. The highest BCUT2D eigenvalue weighted by atomic mass is 32.1. The molecule has 0 unspecified atom stereocenters. The van der Waals surface area contributed by atoms with Gasteiger partial charge in [-0.2, -0.15) is 0 Å². The smallest absolute Gasteiger partial charge is 0.166 e. The van der Waals surface area contributed by atoms with E-state index in [0.717, 1.165) is 42.3 Å². The minimum absolute atomic E-state index is 0.726. The lowest BCUT2D eigenvalue weighted by molar-refractivity contribution is 0.415. The van der Waals surface area contributed by atoms with Gasteiger partial charge in [-0.1, -0.05) is 6.92 Å². The van der Waals surface area contributed by atoms with Gasteiger partial charge >= 0.3 is 0 Å². The number of fused-ring (bicyclic) bond motifs is 1. The van der Waals surface area contributed by atoms with Gasteiger partial charge in [-0.05, 0) is 48.8 Å². The fourth-order valence-corrected chi connectivity index (χ4v) is 2.31. The number of ether oxygens (including phenoxy) is 1. The number of H-pyrrole nitrogens is 1. The monoisotopic (exact) mass is 291 g/mol. The summed E-state index contributed by atoms with van der Waals surface area (Å²) in [6.07, 6.45) is 4.04. The predicted molar refractivity (Wildman–Crippen MR) is 87.4 cm³/mol. The number of benzene rings is 1. The third kappa shape index (κ3) is 3.63. The van der Waals surface area contributed by atoms with Crippen LogP contribution >= 0.6 is 12.2 Å². The molecule has 0 saturated carbocycles. The first-order valence-corrected chi connectivity index (χ1v) is 7.31. The van der Waals surface area contributed by atoms with E-state index in [4.69, 9.17) is 17.0 Å². The van der Waals surface area contributed by atoms with E-state index < -0.39 is 0 Å². The molecule has 0 spiro atoms. The molecule has 4 nitrogen and oxygen atoms in total. The summed E-state index contributed by atoms with van der Waals surface area (Å²) in [5, 5.41) is 8.32. The summed E-state index contributed by atoms with van der Waals surface area (Å²) in [7, 11) is 1.69. The number of hydrogen-bond acceptors (Lipinski definition) is 2. The van der Waals surface area contributed by atoms with Crippen molar-refractivity contribution in [1.29, 1.82) is 0 Å². The van der Waals surface area contributed by atoms with E-state index in [9.17, 15) is 0 Å². The maximum atomic E-state index is 5.27. The highest BCUT2D eigenvalue weighted by Crippen LogP contribution is 2.23. The maximum Gasteiger partial charge on any atom is 0.166 e. The Morgan fingerprint density at radius 3 is 2.85 bits per heavy atom. The van der Waals surface area contributed by atoms with Gasteiger partial charge in [-0.3, -0.25) is 0 Å². The first kappa shape index (κ1) is 14.7. The van der Waals surface area contributed by atoms with Crippen molar-refractivity contribution in [2.75, 3.05) is 20.2 Å². The Kier molecular flexibility index (Phi) is 5.24. The van der Waals surface area contributed by atoms with E-state index in [1.54, 1.807) is 7.11 Å². The van der Waals surface area contributed by atoms with Crippen molar-refractivity contribution in [1.82, 2.24) is 15.6 Å². The molecule has 0 saturated heterocycles. The molecule has 5 heteroatoms. The molecule has 0 bridgehead atoms. The molecular weight excluding hydrogens is 270 g/mol. The Balaban J connectivity index is 1.94. The summed E-state index contributed by atoms with van der Waals surface area (Å²) in [6.45, 7) is 3.85. The molecule has 0 amide bonds. The van der Waals surface area contributed by atoms with Crippen LogP contribution in [0.1, 0.15) is 18.9 Å². The average molecular weight is 291 g/mol. The summed E-state index contributed by atoms with van der Waals surface area (Å²) in [5.41, 5.74) is 2.40. The van der Waals surface area contributed by atoms with Crippen molar-refractivity contribution in [2.24, 2.45) is 0 Å². The molecule has 0 radical (unpaired) electrons. The highest BCUT2D eigenvalue weighted by molar-refractivity contribution is 7.80. The van der Waals surface area contributed by atoms with Crippen molar-refractivity contribution in [3.63, 3.8) is 0 Å². The Bertz CT molecular complexity index is 580. The van der Waals surface area contributed by atoms with Gasteiger partial charge in [0.15, 0.2) is 5.11 Å². The number of rotatable bonds is 6. The summed E-state index contributed by atoms with van der Waals surface area (Å²) in [6, 6.07) is 6.07. The molecule has 108 valence electrons. The third-order valence-corrected chi connectivity index (χ3v) is 3.48. The van der Waals surface area contributed by atoms with Crippen LogP contribution in [-0.4, -0.2) is 30.3 Å². The molecule has 2 rings (SSSR count). The van der Waals surface area contributed by atoms with Crippen LogP contribution in [0.3, 0.4) is 0 Å².